The fourth-order valence-corrected chi connectivity index (χ4v) is 1.48. The molecule has 11 heavy (non-hydrogen) atoms. The van der Waals surface area contributed by atoms with Crippen molar-refractivity contribution < 1.29 is 0 Å². The van der Waals surface area contributed by atoms with Gasteiger partial charge in [0, 0.05) is 10.5 Å². The van der Waals surface area contributed by atoms with Crippen LogP contribution in [0, 0.1) is 0 Å². The molecule has 0 aliphatic rings. The quantitative estimate of drug-likeness (QED) is 0.803. The van der Waals surface area contributed by atoms with E-state index in [1.807, 2.05) is 19.1 Å². The van der Waals surface area contributed by atoms with Gasteiger partial charge in [0.05, 0.1) is 0 Å². The fourth-order valence-electron chi connectivity index (χ4n) is 1.04. The van der Waals surface area contributed by atoms with Crippen LogP contribution in [0.2, 0.25) is 0 Å². The van der Waals surface area contributed by atoms with E-state index in [9.17, 15) is 0 Å². The molecule has 60 valence electrons. The minimum Gasteiger partial charge on any atom is -0.328 e. The van der Waals surface area contributed by atoms with Gasteiger partial charge in [-0.2, -0.15) is 0 Å². The van der Waals surface area contributed by atoms with Crippen molar-refractivity contribution in [1.82, 2.24) is 0 Å². The number of hydrogen-bond donors (Lipinski definition) is 1. The van der Waals surface area contributed by atoms with Crippen LogP contribution >= 0.6 is 15.9 Å². The van der Waals surface area contributed by atoms with Crippen LogP contribution in [0.3, 0.4) is 0 Å². The van der Waals surface area contributed by atoms with Crippen molar-refractivity contribution in [3.8, 4) is 0 Å². The highest BCUT2D eigenvalue weighted by Crippen LogP contribution is 2.12. The number of rotatable bonds is 2. The van der Waals surface area contributed by atoms with Crippen LogP contribution in [-0.4, -0.2) is 6.04 Å². The zero-order valence-electron chi connectivity index (χ0n) is 6.55. The Bertz CT molecular complexity index is 233. The Morgan fingerprint density at radius 1 is 1.55 bits per heavy atom. The molecule has 0 heterocycles. The number of halogens is 1. The lowest BCUT2D eigenvalue weighted by Gasteiger charge is -2.04. The molecule has 1 aromatic rings. The summed E-state index contributed by atoms with van der Waals surface area (Å²) in [5, 5.41) is 0. The molecule has 1 aromatic carbocycles. The summed E-state index contributed by atoms with van der Waals surface area (Å²) in [6.45, 7) is 2.01. The molecule has 0 aromatic heterocycles. The Hall–Kier alpha value is -0.340. The van der Waals surface area contributed by atoms with Crippen molar-refractivity contribution in [3.05, 3.63) is 34.3 Å². The predicted octanol–water partition coefficient (Wildman–Crippen LogP) is 2.34. The summed E-state index contributed by atoms with van der Waals surface area (Å²) in [6, 6.07) is 8.48. The van der Waals surface area contributed by atoms with Crippen molar-refractivity contribution in [3.63, 3.8) is 0 Å². The second-order valence-corrected chi connectivity index (χ2v) is 3.73. The first-order chi connectivity index (χ1) is 5.18. The summed E-state index contributed by atoms with van der Waals surface area (Å²) in [5.74, 6) is 0. The van der Waals surface area contributed by atoms with Crippen molar-refractivity contribution >= 4 is 15.9 Å². The molecule has 1 atom stereocenters. The van der Waals surface area contributed by atoms with E-state index < -0.39 is 0 Å². The maximum absolute atomic E-state index is 5.66. The minimum absolute atomic E-state index is 0.240. The van der Waals surface area contributed by atoms with E-state index in [1.165, 1.54) is 5.56 Å². The molecule has 0 radical (unpaired) electrons. The standard InChI is InChI=1S/C9H12BrN/c1-7(11)5-8-3-2-4-9(10)6-8/h2-4,6-7H,5,11H2,1H3. The summed E-state index contributed by atoms with van der Waals surface area (Å²) in [5.41, 5.74) is 6.95. The molecular weight excluding hydrogens is 202 g/mol. The molecule has 2 heteroatoms. The average Bonchev–Trinajstić information content (AvgIpc) is 1.85. The van der Waals surface area contributed by atoms with Gasteiger partial charge in [0.2, 0.25) is 0 Å². The Balaban J connectivity index is 2.71. The summed E-state index contributed by atoms with van der Waals surface area (Å²) in [4.78, 5) is 0. The number of nitrogens with two attached hydrogens (primary N) is 1. The molecule has 0 aliphatic heterocycles. The number of hydrogen-bond acceptors (Lipinski definition) is 1. The molecule has 0 amide bonds. The maximum Gasteiger partial charge on any atom is 0.0178 e. The van der Waals surface area contributed by atoms with Gasteiger partial charge in [0.25, 0.3) is 0 Å². The third kappa shape index (κ3) is 3.04. The van der Waals surface area contributed by atoms with E-state index in [0.29, 0.717) is 0 Å². The first kappa shape index (κ1) is 8.75. The lowest BCUT2D eigenvalue weighted by molar-refractivity contribution is 0.738. The Labute approximate surface area is 75.7 Å². The van der Waals surface area contributed by atoms with Crippen molar-refractivity contribution in [2.24, 2.45) is 5.73 Å². The van der Waals surface area contributed by atoms with Crippen LogP contribution in [-0.2, 0) is 6.42 Å². The maximum atomic E-state index is 5.66. The number of benzene rings is 1. The van der Waals surface area contributed by atoms with E-state index in [0.717, 1.165) is 10.9 Å². The van der Waals surface area contributed by atoms with Crippen LogP contribution in [0.5, 0.6) is 0 Å². The summed E-state index contributed by atoms with van der Waals surface area (Å²) >= 11 is 3.41. The molecule has 0 saturated heterocycles. The van der Waals surface area contributed by atoms with Crippen LogP contribution in [0.15, 0.2) is 28.7 Å². The SMILES string of the molecule is CC(N)Cc1cccc(Br)c1. The highest BCUT2D eigenvalue weighted by atomic mass is 79.9. The third-order valence-corrected chi connectivity index (χ3v) is 1.94. The third-order valence-electron chi connectivity index (χ3n) is 1.45. The van der Waals surface area contributed by atoms with Gasteiger partial charge < -0.3 is 5.73 Å². The highest BCUT2D eigenvalue weighted by Gasteiger charge is 1.96. The Morgan fingerprint density at radius 2 is 2.27 bits per heavy atom. The van der Waals surface area contributed by atoms with E-state index in [4.69, 9.17) is 5.73 Å². The highest BCUT2D eigenvalue weighted by molar-refractivity contribution is 9.10. The monoisotopic (exact) mass is 213 g/mol. The van der Waals surface area contributed by atoms with Crippen molar-refractivity contribution in [1.29, 1.82) is 0 Å². The molecule has 0 aliphatic carbocycles. The Kier molecular flexibility index (Phi) is 3.09. The van der Waals surface area contributed by atoms with Gasteiger partial charge >= 0.3 is 0 Å². The van der Waals surface area contributed by atoms with Gasteiger partial charge in [0.1, 0.15) is 0 Å². The van der Waals surface area contributed by atoms with Crippen LogP contribution in [0.4, 0.5) is 0 Å². The van der Waals surface area contributed by atoms with E-state index >= 15 is 0 Å². The second kappa shape index (κ2) is 3.88. The first-order valence-electron chi connectivity index (χ1n) is 3.68. The van der Waals surface area contributed by atoms with Crippen LogP contribution < -0.4 is 5.73 Å². The van der Waals surface area contributed by atoms with Gasteiger partial charge in [-0.1, -0.05) is 28.1 Å². The lowest BCUT2D eigenvalue weighted by atomic mass is 10.1. The van der Waals surface area contributed by atoms with E-state index in [2.05, 4.69) is 28.1 Å². The molecule has 0 spiro atoms. The van der Waals surface area contributed by atoms with Gasteiger partial charge in [0.15, 0.2) is 0 Å². The molecule has 0 saturated carbocycles. The van der Waals surface area contributed by atoms with Crippen molar-refractivity contribution in [2.75, 3.05) is 0 Å². The molecule has 2 N–H and O–H groups in total. The molecular formula is C9H12BrN. The molecule has 0 fully saturated rings. The minimum atomic E-state index is 0.240. The van der Waals surface area contributed by atoms with Gasteiger partial charge in [-0.05, 0) is 31.0 Å². The lowest BCUT2D eigenvalue weighted by Crippen LogP contribution is -2.17. The van der Waals surface area contributed by atoms with E-state index in [1.54, 1.807) is 0 Å². The zero-order valence-corrected chi connectivity index (χ0v) is 8.14. The summed E-state index contributed by atoms with van der Waals surface area (Å²) in [7, 11) is 0. The molecule has 1 unspecified atom stereocenters. The molecule has 1 rings (SSSR count). The largest absolute Gasteiger partial charge is 0.328 e. The topological polar surface area (TPSA) is 26.0 Å². The smallest absolute Gasteiger partial charge is 0.0178 e. The first-order valence-corrected chi connectivity index (χ1v) is 4.48. The van der Waals surface area contributed by atoms with E-state index in [-0.39, 0.29) is 6.04 Å². The predicted molar refractivity (Wildman–Crippen MR) is 51.5 cm³/mol. The second-order valence-electron chi connectivity index (χ2n) is 2.81. The van der Waals surface area contributed by atoms with Crippen LogP contribution in [0.1, 0.15) is 12.5 Å². The van der Waals surface area contributed by atoms with Gasteiger partial charge in [-0.15, -0.1) is 0 Å². The zero-order chi connectivity index (χ0) is 8.27. The molecule has 0 bridgehead atoms. The Morgan fingerprint density at radius 3 is 2.82 bits per heavy atom. The summed E-state index contributed by atoms with van der Waals surface area (Å²) in [6.07, 6.45) is 0.944. The molecule has 1 nitrogen and oxygen atoms in total. The normalized spacial score (nSPS) is 13.0. The van der Waals surface area contributed by atoms with Crippen LogP contribution in [0.25, 0.3) is 0 Å². The summed E-state index contributed by atoms with van der Waals surface area (Å²) < 4.78 is 1.12. The fraction of sp³-hybridized carbons (Fsp3) is 0.333. The average molecular weight is 214 g/mol. The van der Waals surface area contributed by atoms with Gasteiger partial charge in [-0.3, -0.25) is 0 Å². The van der Waals surface area contributed by atoms with Crippen molar-refractivity contribution in [2.45, 2.75) is 19.4 Å². The van der Waals surface area contributed by atoms with Gasteiger partial charge in [-0.25, -0.2) is 0 Å².